The highest BCUT2D eigenvalue weighted by Crippen LogP contribution is 2.29. The van der Waals surface area contributed by atoms with E-state index in [-0.39, 0.29) is 6.03 Å². The normalized spacial score (nSPS) is 10.6. The number of hydrogen-bond acceptors (Lipinski definition) is 1. The Morgan fingerprint density at radius 2 is 1.03 bits per heavy atom. The number of carbonyl (C=O) groups is 1. The van der Waals surface area contributed by atoms with Gasteiger partial charge in [0, 0.05) is 12.2 Å². The first kappa shape index (κ1) is 20.7. The lowest BCUT2D eigenvalue weighted by molar-refractivity contribution is 0.253. The zero-order chi connectivity index (χ0) is 20.8. The van der Waals surface area contributed by atoms with Crippen LogP contribution in [0.1, 0.15) is 36.5 Å². The number of benzene rings is 3. The molecule has 0 unspecified atom stereocenters. The molecule has 3 aromatic carbocycles. The first-order chi connectivity index (χ1) is 14.0. The molecule has 0 aliphatic rings. The molecule has 150 valence electrons. The van der Waals surface area contributed by atoms with Gasteiger partial charge in [-0.05, 0) is 63.6 Å². The van der Waals surface area contributed by atoms with Crippen LogP contribution in [0.2, 0.25) is 0 Å². The number of rotatable bonds is 6. The molecule has 0 aromatic heterocycles. The van der Waals surface area contributed by atoms with Crippen LogP contribution in [0.5, 0.6) is 0 Å². The maximum atomic E-state index is 13.9. The lowest BCUT2D eigenvalue weighted by Gasteiger charge is -2.31. The van der Waals surface area contributed by atoms with Gasteiger partial charge in [-0.2, -0.15) is 0 Å². The van der Waals surface area contributed by atoms with E-state index in [1.807, 2.05) is 70.5 Å². The second kappa shape index (κ2) is 9.42. The van der Waals surface area contributed by atoms with E-state index in [9.17, 15) is 4.79 Å². The van der Waals surface area contributed by atoms with Crippen LogP contribution in [0.3, 0.4) is 0 Å². The Bertz CT molecular complexity index is 882. The number of hydrogen-bond donors (Lipinski definition) is 0. The lowest BCUT2D eigenvalue weighted by atomic mass is 10.1. The molecule has 3 rings (SSSR count). The van der Waals surface area contributed by atoms with Crippen molar-refractivity contribution in [1.29, 1.82) is 0 Å². The van der Waals surface area contributed by atoms with Gasteiger partial charge in [0.05, 0.1) is 11.4 Å². The minimum Gasteiger partial charge on any atom is -0.294 e. The van der Waals surface area contributed by atoms with Crippen molar-refractivity contribution in [2.24, 2.45) is 0 Å². The summed E-state index contributed by atoms with van der Waals surface area (Å²) in [6.45, 7) is 9.01. The fourth-order valence-corrected chi connectivity index (χ4v) is 3.25. The molecule has 0 spiro atoms. The molecule has 0 saturated carbocycles. The van der Waals surface area contributed by atoms with Gasteiger partial charge in [-0.1, -0.05) is 66.4 Å². The Morgan fingerprint density at radius 1 is 0.655 bits per heavy atom. The van der Waals surface area contributed by atoms with Crippen LogP contribution >= 0.6 is 0 Å². The highest BCUT2D eigenvalue weighted by Gasteiger charge is 2.25. The number of carbonyl (C=O) groups excluding carboxylic acids is 1. The highest BCUT2D eigenvalue weighted by atomic mass is 16.2. The van der Waals surface area contributed by atoms with E-state index in [1.54, 1.807) is 0 Å². The van der Waals surface area contributed by atoms with Crippen molar-refractivity contribution in [2.75, 3.05) is 16.3 Å². The summed E-state index contributed by atoms with van der Waals surface area (Å²) in [7, 11) is 0. The standard InChI is InChI=1S/C26H30N2O/c1-5-6-19-27(23-13-7-20(2)8-14-23)26(29)28(24-15-9-21(3)10-16-24)25-17-11-22(4)12-18-25/h7-18H,5-6,19H2,1-4H3. The van der Waals surface area contributed by atoms with Crippen molar-refractivity contribution in [1.82, 2.24) is 0 Å². The quantitative estimate of drug-likeness (QED) is 0.440. The molecule has 0 radical (unpaired) electrons. The number of urea groups is 1. The van der Waals surface area contributed by atoms with E-state index < -0.39 is 0 Å². The van der Waals surface area contributed by atoms with Gasteiger partial charge >= 0.3 is 6.03 Å². The van der Waals surface area contributed by atoms with Crippen LogP contribution < -0.4 is 9.80 Å². The van der Waals surface area contributed by atoms with Crippen LogP contribution in [0.15, 0.2) is 72.8 Å². The van der Waals surface area contributed by atoms with Crippen LogP contribution in [-0.2, 0) is 0 Å². The van der Waals surface area contributed by atoms with E-state index in [1.165, 1.54) is 16.7 Å². The summed E-state index contributed by atoms with van der Waals surface area (Å²) in [5.41, 5.74) is 6.21. The summed E-state index contributed by atoms with van der Waals surface area (Å²) in [5, 5.41) is 0. The number of anilines is 3. The fraction of sp³-hybridized carbons (Fsp3) is 0.269. The Balaban J connectivity index is 2.05. The van der Waals surface area contributed by atoms with Crippen molar-refractivity contribution in [3.63, 3.8) is 0 Å². The number of nitrogens with zero attached hydrogens (tertiary/aromatic N) is 2. The Kier molecular flexibility index (Phi) is 6.71. The third-order valence-corrected chi connectivity index (χ3v) is 5.09. The van der Waals surface area contributed by atoms with Gasteiger partial charge in [0.15, 0.2) is 0 Å². The maximum Gasteiger partial charge on any atom is 0.333 e. The second-order valence-electron chi connectivity index (χ2n) is 7.63. The van der Waals surface area contributed by atoms with E-state index in [0.717, 1.165) is 29.9 Å². The highest BCUT2D eigenvalue weighted by molar-refractivity contribution is 6.08. The Hall–Kier alpha value is -3.07. The zero-order valence-corrected chi connectivity index (χ0v) is 17.9. The smallest absolute Gasteiger partial charge is 0.294 e. The van der Waals surface area contributed by atoms with Crippen molar-refractivity contribution in [3.05, 3.63) is 89.5 Å². The third kappa shape index (κ3) is 5.05. The van der Waals surface area contributed by atoms with Crippen LogP contribution in [-0.4, -0.2) is 12.6 Å². The SMILES string of the molecule is CCCCN(C(=O)N(c1ccc(C)cc1)c1ccc(C)cc1)c1ccc(C)cc1. The molecule has 0 heterocycles. The lowest BCUT2D eigenvalue weighted by Crippen LogP contribution is -2.41. The molecule has 0 atom stereocenters. The number of unbranched alkanes of at least 4 members (excludes halogenated alkanes) is 1. The van der Waals surface area contributed by atoms with E-state index in [2.05, 4.69) is 39.8 Å². The monoisotopic (exact) mass is 386 g/mol. The van der Waals surface area contributed by atoms with Gasteiger partial charge in [-0.25, -0.2) is 4.79 Å². The van der Waals surface area contributed by atoms with E-state index in [4.69, 9.17) is 0 Å². The minimum absolute atomic E-state index is 0.0324. The first-order valence-electron chi connectivity index (χ1n) is 10.3. The molecule has 0 N–H and O–H groups in total. The zero-order valence-electron chi connectivity index (χ0n) is 17.9. The average molecular weight is 387 g/mol. The molecule has 0 aliphatic carbocycles. The molecule has 2 amide bonds. The molecule has 0 aliphatic heterocycles. The van der Waals surface area contributed by atoms with Gasteiger partial charge in [-0.3, -0.25) is 9.80 Å². The summed E-state index contributed by atoms with van der Waals surface area (Å²) in [6, 6.07) is 24.4. The minimum atomic E-state index is -0.0324. The van der Waals surface area contributed by atoms with Gasteiger partial charge < -0.3 is 0 Å². The predicted octanol–water partition coefficient (Wildman–Crippen LogP) is 7.18. The maximum absolute atomic E-state index is 13.9. The van der Waals surface area contributed by atoms with Gasteiger partial charge in [-0.15, -0.1) is 0 Å². The summed E-state index contributed by atoms with van der Waals surface area (Å²) < 4.78 is 0. The van der Waals surface area contributed by atoms with Crippen LogP contribution in [0.25, 0.3) is 0 Å². The van der Waals surface area contributed by atoms with Crippen LogP contribution in [0.4, 0.5) is 21.9 Å². The summed E-state index contributed by atoms with van der Waals surface area (Å²) >= 11 is 0. The molecule has 29 heavy (non-hydrogen) atoms. The van der Waals surface area contributed by atoms with Gasteiger partial charge in [0.1, 0.15) is 0 Å². The van der Waals surface area contributed by atoms with Crippen molar-refractivity contribution in [3.8, 4) is 0 Å². The summed E-state index contributed by atoms with van der Waals surface area (Å²) in [5.74, 6) is 0. The average Bonchev–Trinajstić information content (AvgIpc) is 2.72. The molecule has 0 saturated heterocycles. The van der Waals surface area contributed by atoms with Crippen molar-refractivity contribution >= 4 is 23.1 Å². The molecular formula is C26H30N2O. The van der Waals surface area contributed by atoms with Crippen molar-refractivity contribution in [2.45, 2.75) is 40.5 Å². The molecule has 3 aromatic rings. The second-order valence-corrected chi connectivity index (χ2v) is 7.63. The summed E-state index contributed by atoms with van der Waals surface area (Å²) in [6.07, 6.45) is 1.99. The third-order valence-electron chi connectivity index (χ3n) is 5.09. The number of amides is 2. The first-order valence-corrected chi connectivity index (χ1v) is 10.3. The molecule has 3 nitrogen and oxygen atoms in total. The van der Waals surface area contributed by atoms with E-state index in [0.29, 0.717) is 6.54 Å². The van der Waals surface area contributed by atoms with Crippen LogP contribution in [0, 0.1) is 20.8 Å². The van der Waals surface area contributed by atoms with Gasteiger partial charge in [0.25, 0.3) is 0 Å². The van der Waals surface area contributed by atoms with Crippen molar-refractivity contribution < 1.29 is 4.79 Å². The number of aryl methyl sites for hydroxylation is 3. The predicted molar refractivity (Wildman–Crippen MR) is 123 cm³/mol. The Morgan fingerprint density at radius 3 is 1.41 bits per heavy atom. The largest absolute Gasteiger partial charge is 0.333 e. The van der Waals surface area contributed by atoms with E-state index >= 15 is 0 Å². The Labute approximate surface area is 174 Å². The molecule has 0 fully saturated rings. The topological polar surface area (TPSA) is 23.6 Å². The molecule has 3 heteroatoms. The van der Waals surface area contributed by atoms with Gasteiger partial charge in [0.2, 0.25) is 0 Å². The molecule has 0 bridgehead atoms. The fourth-order valence-electron chi connectivity index (χ4n) is 3.25. The summed E-state index contributed by atoms with van der Waals surface area (Å²) in [4.78, 5) is 17.6. The molecular weight excluding hydrogens is 356 g/mol.